The first-order valence-corrected chi connectivity index (χ1v) is 6.23. The van der Waals surface area contributed by atoms with Crippen LogP contribution in [0.25, 0.3) is 11.0 Å². The van der Waals surface area contributed by atoms with Crippen LogP contribution in [0.3, 0.4) is 0 Å². The maximum absolute atomic E-state index is 11.6. The van der Waals surface area contributed by atoms with E-state index >= 15 is 0 Å². The summed E-state index contributed by atoms with van der Waals surface area (Å²) in [5.74, 6) is -0.737. The number of furan rings is 1. The minimum Gasteiger partial charge on any atom is -0.548 e. The summed E-state index contributed by atoms with van der Waals surface area (Å²) < 4.78 is 5.61. The van der Waals surface area contributed by atoms with E-state index in [4.69, 9.17) is 4.42 Å². The molecule has 0 aliphatic heterocycles. The molecular formula is C14H15KN2O4. The summed E-state index contributed by atoms with van der Waals surface area (Å²) in [6.45, 7) is 3.09. The maximum atomic E-state index is 11.6. The van der Waals surface area contributed by atoms with Crippen LogP contribution in [0.2, 0.25) is 0 Å². The molecule has 0 fully saturated rings. The van der Waals surface area contributed by atoms with Gasteiger partial charge in [0.05, 0.1) is 18.1 Å². The number of hydrogen-bond acceptors (Lipinski definition) is 4. The number of urea groups is 1. The monoisotopic (exact) mass is 314 g/mol. The Bertz CT molecular complexity index is 608. The van der Waals surface area contributed by atoms with E-state index in [0.29, 0.717) is 5.76 Å². The van der Waals surface area contributed by atoms with Crippen LogP contribution < -0.4 is 67.1 Å². The van der Waals surface area contributed by atoms with Crippen LogP contribution in [0, 0.1) is 0 Å². The molecule has 1 aromatic heterocycles. The summed E-state index contributed by atoms with van der Waals surface area (Å²) in [4.78, 5) is 22.1. The summed E-state index contributed by atoms with van der Waals surface area (Å²) in [5.41, 5.74) is 0.736. The van der Waals surface area contributed by atoms with Gasteiger partial charge < -0.3 is 25.0 Å². The van der Waals surface area contributed by atoms with Crippen LogP contribution in [-0.2, 0) is 4.79 Å². The third kappa shape index (κ3) is 4.82. The number of nitrogens with one attached hydrogen (secondary N) is 2. The van der Waals surface area contributed by atoms with Gasteiger partial charge in [-0.1, -0.05) is 18.2 Å². The second kappa shape index (κ2) is 7.95. The third-order valence-corrected chi connectivity index (χ3v) is 2.92. The summed E-state index contributed by atoms with van der Waals surface area (Å²) in [7, 11) is 0. The van der Waals surface area contributed by atoms with Crippen molar-refractivity contribution in [1.29, 1.82) is 0 Å². The Morgan fingerprint density at radius 1 is 1.19 bits per heavy atom. The molecule has 2 atom stereocenters. The molecule has 1 unspecified atom stereocenters. The molecular weight excluding hydrogens is 299 g/mol. The van der Waals surface area contributed by atoms with Crippen LogP contribution in [0.5, 0.6) is 0 Å². The number of carbonyl (C=O) groups excluding carboxylic acids is 2. The Kier molecular flexibility index (Phi) is 6.89. The molecule has 0 saturated heterocycles. The van der Waals surface area contributed by atoms with Crippen LogP contribution in [0.1, 0.15) is 25.6 Å². The van der Waals surface area contributed by atoms with Crippen molar-refractivity contribution in [2.75, 3.05) is 0 Å². The number of hydrogen-bond donors (Lipinski definition) is 2. The van der Waals surface area contributed by atoms with Crippen LogP contribution in [-0.4, -0.2) is 18.0 Å². The van der Waals surface area contributed by atoms with Gasteiger partial charge in [-0.3, -0.25) is 0 Å². The molecule has 2 aromatic rings. The van der Waals surface area contributed by atoms with Crippen molar-refractivity contribution in [2.45, 2.75) is 25.9 Å². The van der Waals surface area contributed by atoms with E-state index < -0.39 is 18.0 Å². The van der Waals surface area contributed by atoms with Gasteiger partial charge in [0, 0.05) is 5.39 Å². The number of benzene rings is 1. The van der Waals surface area contributed by atoms with E-state index in [1.54, 1.807) is 6.92 Å². The normalized spacial score (nSPS) is 13.0. The molecule has 7 heteroatoms. The fourth-order valence-corrected chi connectivity index (χ4v) is 1.78. The molecule has 0 bridgehead atoms. The van der Waals surface area contributed by atoms with Gasteiger partial charge in [0.1, 0.15) is 11.3 Å². The zero-order valence-corrected chi connectivity index (χ0v) is 15.3. The van der Waals surface area contributed by atoms with Gasteiger partial charge in [0.25, 0.3) is 0 Å². The second-order valence-electron chi connectivity index (χ2n) is 4.57. The zero-order chi connectivity index (χ0) is 14.7. The van der Waals surface area contributed by atoms with Crippen molar-refractivity contribution in [1.82, 2.24) is 10.6 Å². The Balaban J connectivity index is 0.00000220. The van der Waals surface area contributed by atoms with Gasteiger partial charge >= 0.3 is 57.4 Å². The predicted molar refractivity (Wildman–Crippen MR) is 70.8 cm³/mol. The molecule has 6 nitrogen and oxygen atoms in total. The van der Waals surface area contributed by atoms with Crippen molar-refractivity contribution in [3.8, 4) is 0 Å². The SMILES string of the molecule is CC(NC(=O)N[C@H](C)c1cc2ccccc2o1)C(=O)[O-].[K+]. The number of carboxylic acid groups (broad SMARTS) is 1. The van der Waals surface area contributed by atoms with Crippen molar-refractivity contribution >= 4 is 23.0 Å². The van der Waals surface area contributed by atoms with Gasteiger partial charge in [-0.15, -0.1) is 0 Å². The Morgan fingerprint density at radius 3 is 2.48 bits per heavy atom. The zero-order valence-electron chi connectivity index (χ0n) is 12.2. The number of carbonyl (C=O) groups is 2. The number of amides is 2. The first kappa shape index (κ1) is 18.2. The van der Waals surface area contributed by atoms with Crippen LogP contribution in [0.4, 0.5) is 4.79 Å². The predicted octanol–water partition coefficient (Wildman–Crippen LogP) is -2.06. The average Bonchev–Trinajstić information content (AvgIpc) is 2.82. The molecule has 0 radical (unpaired) electrons. The van der Waals surface area contributed by atoms with Gasteiger partial charge in [-0.2, -0.15) is 0 Å². The molecule has 2 rings (SSSR count). The molecule has 21 heavy (non-hydrogen) atoms. The number of carboxylic acids is 1. The van der Waals surface area contributed by atoms with E-state index in [1.165, 1.54) is 6.92 Å². The quantitative estimate of drug-likeness (QED) is 0.634. The summed E-state index contributed by atoms with van der Waals surface area (Å²) in [6, 6.07) is 7.32. The Labute approximate surface area is 164 Å². The standard InChI is InChI=1S/C14H16N2O4.K/c1-8(15-14(19)16-9(2)13(17)18)12-7-10-5-3-4-6-11(10)20-12;/h3-9H,1-2H3,(H,17,18)(H2,15,16,19);/q;+1/p-1/t8-,9?;/m1./s1. The third-order valence-electron chi connectivity index (χ3n) is 2.92. The molecule has 0 aliphatic rings. The minimum atomic E-state index is -1.34. The molecule has 0 spiro atoms. The molecule has 1 aromatic carbocycles. The number of aliphatic carboxylic acids is 1. The van der Waals surface area contributed by atoms with Gasteiger partial charge in [0.15, 0.2) is 0 Å². The topological polar surface area (TPSA) is 94.4 Å². The van der Waals surface area contributed by atoms with E-state index in [1.807, 2.05) is 30.3 Å². The van der Waals surface area contributed by atoms with E-state index in [0.717, 1.165) is 11.0 Å². The number of fused-ring (bicyclic) bond motifs is 1. The van der Waals surface area contributed by atoms with Gasteiger partial charge in [-0.05, 0) is 26.0 Å². The summed E-state index contributed by atoms with van der Waals surface area (Å²) in [6.07, 6.45) is 0. The van der Waals surface area contributed by atoms with E-state index in [2.05, 4.69) is 10.6 Å². The fraction of sp³-hybridized carbons (Fsp3) is 0.286. The Hall–Kier alpha value is -0.864. The fourth-order valence-electron chi connectivity index (χ4n) is 1.78. The maximum Gasteiger partial charge on any atom is 1.00 e. The van der Waals surface area contributed by atoms with Gasteiger partial charge in [-0.25, -0.2) is 4.79 Å². The second-order valence-corrected chi connectivity index (χ2v) is 4.57. The van der Waals surface area contributed by atoms with Crippen molar-refractivity contribution in [3.63, 3.8) is 0 Å². The van der Waals surface area contributed by atoms with E-state index in [9.17, 15) is 14.7 Å². The largest absolute Gasteiger partial charge is 1.00 e. The Morgan fingerprint density at radius 2 is 1.86 bits per heavy atom. The first-order chi connectivity index (χ1) is 9.47. The average molecular weight is 314 g/mol. The first-order valence-electron chi connectivity index (χ1n) is 6.23. The molecule has 2 N–H and O–H groups in total. The van der Waals surface area contributed by atoms with Crippen molar-refractivity contribution < 1.29 is 70.5 Å². The summed E-state index contributed by atoms with van der Waals surface area (Å²) in [5, 5.41) is 16.3. The number of rotatable bonds is 4. The van der Waals surface area contributed by atoms with E-state index in [-0.39, 0.29) is 57.4 Å². The van der Waals surface area contributed by atoms with Crippen molar-refractivity contribution in [2.24, 2.45) is 0 Å². The number of para-hydroxylation sites is 1. The molecule has 0 aliphatic carbocycles. The molecule has 106 valence electrons. The smallest absolute Gasteiger partial charge is 0.548 e. The van der Waals surface area contributed by atoms with Crippen LogP contribution in [0.15, 0.2) is 34.7 Å². The van der Waals surface area contributed by atoms with Gasteiger partial charge in [0.2, 0.25) is 0 Å². The molecule has 0 saturated carbocycles. The van der Waals surface area contributed by atoms with Crippen molar-refractivity contribution in [3.05, 3.63) is 36.1 Å². The van der Waals surface area contributed by atoms with Crippen LogP contribution >= 0.6 is 0 Å². The molecule has 1 heterocycles. The summed E-state index contributed by atoms with van der Waals surface area (Å²) >= 11 is 0. The molecule has 2 amide bonds. The minimum absolute atomic E-state index is 0.